The number of nitrogens with one attached hydrogen (secondary N) is 1. The molecule has 0 spiro atoms. The zero-order valence-corrected chi connectivity index (χ0v) is 14.8. The molecule has 3 rings (SSSR count). The van der Waals surface area contributed by atoms with Gasteiger partial charge in [0.2, 0.25) is 5.91 Å². The van der Waals surface area contributed by atoms with Crippen LogP contribution < -0.4 is 10.2 Å². The first kappa shape index (κ1) is 17.7. The average molecular weight is 345 g/mol. The van der Waals surface area contributed by atoms with Gasteiger partial charge in [-0.25, -0.2) is 4.79 Å². The van der Waals surface area contributed by atoms with Crippen LogP contribution in [0.2, 0.25) is 0 Å². The van der Waals surface area contributed by atoms with Gasteiger partial charge in [-0.2, -0.15) is 0 Å². The van der Waals surface area contributed by atoms with Gasteiger partial charge in [0, 0.05) is 37.8 Å². The van der Waals surface area contributed by atoms with E-state index < -0.39 is 0 Å². The number of anilines is 1. The van der Waals surface area contributed by atoms with E-state index >= 15 is 0 Å². The fraction of sp³-hybridized carbons (Fsp3) is 0.579. The van der Waals surface area contributed by atoms with Crippen molar-refractivity contribution in [3.05, 3.63) is 29.8 Å². The lowest BCUT2D eigenvalue weighted by Crippen LogP contribution is -2.52. The summed E-state index contributed by atoms with van der Waals surface area (Å²) in [7, 11) is 0. The maximum Gasteiger partial charge on any atom is 0.317 e. The van der Waals surface area contributed by atoms with E-state index in [0.29, 0.717) is 19.4 Å². The number of aliphatic hydroxyl groups excluding tert-OH is 1. The van der Waals surface area contributed by atoms with Crippen LogP contribution in [0.1, 0.15) is 37.7 Å². The molecular weight excluding hydrogens is 318 g/mol. The lowest BCUT2D eigenvalue weighted by Gasteiger charge is -2.36. The van der Waals surface area contributed by atoms with Crippen LogP contribution in [0.15, 0.2) is 24.3 Å². The number of benzene rings is 1. The van der Waals surface area contributed by atoms with Crippen LogP contribution in [0.3, 0.4) is 0 Å². The zero-order valence-electron chi connectivity index (χ0n) is 14.8. The van der Waals surface area contributed by atoms with Gasteiger partial charge >= 0.3 is 6.03 Å². The van der Waals surface area contributed by atoms with E-state index in [0.717, 1.165) is 37.1 Å². The summed E-state index contributed by atoms with van der Waals surface area (Å²) in [5.41, 5.74) is 2.03. The Morgan fingerprint density at radius 3 is 2.76 bits per heavy atom. The Bertz CT molecular complexity index is 615. The van der Waals surface area contributed by atoms with Gasteiger partial charge in [-0.15, -0.1) is 0 Å². The standard InChI is InChI=1S/C19H27N3O3/c1-14-5-7-17(8-6-14)22-13-15(12-18(22)24)20-19(25)21-10-3-2-4-16(21)9-11-23/h5-8,15-16,23H,2-4,9-13H2,1H3,(H,20,25). The summed E-state index contributed by atoms with van der Waals surface area (Å²) in [6.07, 6.45) is 3.98. The zero-order chi connectivity index (χ0) is 17.8. The Morgan fingerprint density at radius 1 is 1.28 bits per heavy atom. The minimum Gasteiger partial charge on any atom is -0.396 e. The number of urea groups is 1. The number of aryl methyl sites for hydroxylation is 1. The fourth-order valence-corrected chi connectivity index (χ4v) is 3.75. The number of carbonyl (C=O) groups is 2. The van der Waals surface area contributed by atoms with Crippen molar-refractivity contribution in [3.8, 4) is 0 Å². The molecule has 2 aliphatic rings. The Kier molecular flexibility index (Phi) is 5.58. The molecule has 1 aromatic rings. The highest BCUT2D eigenvalue weighted by Gasteiger charge is 2.34. The molecule has 25 heavy (non-hydrogen) atoms. The predicted octanol–water partition coefficient (Wildman–Crippen LogP) is 2.05. The van der Waals surface area contributed by atoms with Crippen LogP contribution in [0.4, 0.5) is 10.5 Å². The highest BCUT2D eigenvalue weighted by atomic mass is 16.3. The molecule has 2 N–H and O–H groups in total. The maximum atomic E-state index is 12.6. The van der Waals surface area contributed by atoms with Gasteiger partial charge in [0.1, 0.15) is 0 Å². The number of rotatable bonds is 4. The first-order valence-corrected chi connectivity index (χ1v) is 9.13. The van der Waals surface area contributed by atoms with Gasteiger partial charge in [-0.05, 0) is 44.7 Å². The molecule has 6 heteroatoms. The molecule has 0 aliphatic carbocycles. The van der Waals surface area contributed by atoms with Crippen LogP contribution in [-0.4, -0.2) is 53.7 Å². The normalized spacial score (nSPS) is 23.8. The van der Waals surface area contributed by atoms with Crippen molar-refractivity contribution in [3.63, 3.8) is 0 Å². The Hall–Kier alpha value is -2.08. The minimum absolute atomic E-state index is 0.0414. The first-order chi connectivity index (χ1) is 12.1. The molecular formula is C19H27N3O3. The molecule has 0 saturated carbocycles. The van der Waals surface area contributed by atoms with E-state index in [1.54, 1.807) is 4.90 Å². The van der Waals surface area contributed by atoms with Gasteiger partial charge in [0.15, 0.2) is 0 Å². The molecule has 136 valence electrons. The molecule has 0 aromatic heterocycles. The third-order valence-corrected chi connectivity index (χ3v) is 5.15. The quantitative estimate of drug-likeness (QED) is 0.877. The van der Waals surface area contributed by atoms with E-state index in [4.69, 9.17) is 0 Å². The Balaban J connectivity index is 1.60. The van der Waals surface area contributed by atoms with E-state index in [2.05, 4.69) is 5.32 Å². The van der Waals surface area contributed by atoms with Crippen LogP contribution in [0, 0.1) is 6.92 Å². The molecule has 3 amide bonds. The minimum atomic E-state index is -0.169. The summed E-state index contributed by atoms with van der Waals surface area (Å²) in [6, 6.07) is 7.69. The van der Waals surface area contributed by atoms with Crippen LogP contribution in [0.25, 0.3) is 0 Å². The number of piperidine rings is 1. The Labute approximate surface area is 148 Å². The van der Waals surface area contributed by atoms with Gasteiger partial charge in [0.25, 0.3) is 0 Å². The topological polar surface area (TPSA) is 72.9 Å². The lowest BCUT2D eigenvalue weighted by atomic mass is 10.00. The highest BCUT2D eigenvalue weighted by Crippen LogP contribution is 2.23. The predicted molar refractivity (Wildman–Crippen MR) is 96.5 cm³/mol. The smallest absolute Gasteiger partial charge is 0.317 e. The van der Waals surface area contributed by atoms with Crippen LogP contribution in [-0.2, 0) is 4.79 Å². The number of carbonyl (C=O) groups excluding carboxylic acids is 2. The number of amides is 3. The van der Waals surface area contributed by atoms with E-state index in [1.165, 1.54) is 0 Å². The number of nitrogens with zero attached hydrogens (tertiary/aromatic N) is 2. The van der Waals surface area contributed by atoms with Crippen LogP contribution in [0.5, 0.6) is 0 Å². The summed E-state index contributed by atoms with van der Waals surface area (Å²) in [5.74, 6) is 0.0414. The van der Waals surface area contributed by atoms with Gasteiger partial charge < -0.3 is 20.2 Å². The molecule has 2 aliphatic heterocycles. The average Bonchev–Trinajstić information content (AvgIpc) is 2.96. The highest BCUT2D eigenvalue weighted by molar-refractivity contribution is 5.96. The van der Waals surface area contributed by atoms with Crippen molar-refractivity contribution in [2.24, 2.45) is 0 Å². The molecule has 0 radical (unpaired) electrons. The first-order valence-electron chi connectivity index (χ1n) is 9.13. The second-order valence-electron chi connectivity index (χ2n) is 7.05. The molecule has 2 fully saturated rings. The summed E-state index contributed by atoms with van der Waals surface area (Å²) in [6.45, 7) is 3.34. The SMILES string of the molecule is Cc1ccc(N2CC(NC(=O)N3CCCCC3CCO)CC2=O)cc1. The van der Waals surface area contributed by atoms with Crippen molar-refractivity contribution < 1.29 is 14.7 Å². The van der Waals surface area contributed by atoms with E-state index in [1.807, 2.05) is 36.1 Å². The molecule has 2 atom stereocenters. The second-order valence-corrected chi connectivity index (χ2v) is 7.05. The summed E-state index contributed by atoms with van der Waals surface area (Å²) < 4.78 is 0. The van der Waals surface area contributed by atoms with Gasteiger partial charge in [-0.1, -0.05) is 17.7 Å². The second kappa shape index (κ2) is 7.87. The number of likely N-dealkylation sites (tertiary alicyclic amines) is 1. The van der Waals surface area contributed by atoms with E-state index in [9.17, 15) is 14.7 Å². The summed E-state index contributed by atoms with van der Waals surface area (Å²) in [5, 5.41) is 12.2. The Morgan fingerprint density at radius 2 is 2.04 bits per heavy atom. The van der Waals surface area contributed by atoms with Crippen molar-refractivity contribution in [1.29, 1.82) is 0 Å². The number of hydrogen-bond donors (Lipinski definition) is 2. The molecule has 0 bridgehead atoms. The molecule has 1 aromatic carbocycles. The van der Waals surface area contributed by atoms with Gasteiger partial charge in [0.05, 0.1) is 6.04 Å². The molecule has 2 unspecified atom stereocenters. The third-order valence-electron chi connectivity index (χ3n) is 5.15. The number of hydrogen-bond acceptors (Lipinski definition) is 3. The number of aliphatic hydroxyl groups is 1. The van der Waals surface area contributed by atoms with Crippen molar-refractivity contribution in [1.82, 2.24) is 10.2 Å². The largest absolute Gasteiger partial charge is 0.396 e. The van der Waals surface area contributed by atoms with Crippen molar-refractivity contribution >= 4 is 17.6 Å². The van der Waals surface area contributed by atoms with Gasteiger partial charge in [-0.3, -0.25) is 4.79 Å². The summed E-state index contributed by atoms with van der Waals surface area (Å²) in [4.78, 5) is 28.5. The molecule has 6 nitrogen and oxygen atoms in total. The summed E-state index contributed by atoms with van der Waals surface area (Å²) >= 11 is 0. The molecule has 2 saturated heterocycles. The van der Waals surface area contributed by atoms with Crippen molar-refractivity contribution in [2.75, 3.05) is 24.6 Å². The lowest BCUT2D eigenvalue weighted by molar-refractivity contribution is -0.117. The molecule has 2 heterocycles. The monoisotopic (exact) mass is 345 g/mol. The van der Waals surface area contributed by atoms with E-state index in [-0.39, 0.29) is 30.6 Å². The maximum absolute atomic E-state index is 12.6. The van der Waals surface area contributed by atoms with Crippen molar-refractivity contribution in [2.45, 2.75) is 51.1 Å². The van der Waals surface area contributed by atoms with Crippen LogP contribution >= 0.6 is 0 Å². The third kappa shape index (κ3) is 4.12. The fourth-order valence-electron chi connectivity index (χ4n) is 3.75.